The molecule has 1 fully saturated rings. The molecular formula is C20H20BrN3O3S. The molecule has 28 heavy (non-hydrogen) atoms. The summed E-state index contributed by atoms with van der Waals surface area (Å²) in [5.74, 6) is -0.00417. The van der Waals surface area contributed by atoms with Crippen molar-refractivity contribution in [1.82, 2.24) is 10.2 Å². The molecule has 0 atom stereocenters. The van der Waals surface area contributed by atoms with E-state index in [0.717, 1.165) is 30.4 Å². The number of anilines is 1. The highest BCUT2D eigenvalue weighted by atomic mass is 79.9. The number of rotatable bonds is 4. The lowest BCUT2D eigenvalue weighted by Crippen LogP contribution is -2.35. The summed E-state index contributed by atoms with van der Waals surface area (Å²) >= 11 is 8.63. The van der Waals surface area contributed by atoms with E-state index < -0.39 is 5.91 Å². The summed E-state index contributed by atoms with van der Waals surface area (Å²) in [5, 5.41) is 5.71. The highest BCUT2D eigenvalue weighted by molar-refractivity contribution is 9.10. The summed E-state index contributed by atoms with van der Waals surface area (Å²) in [6.07, 6.45) is 2.04. The van der Waals surface area contributed by atoms with E-state index >= 15 is 0 Å². The lowest BCUT2D eigenvalue weighted by molar-refractivity contribution is 0.0793. The molecule has 0 saturated carbocycles. The zero-order chi connectivity index (χ0) is 20.1. The van der Waals surface area contributed by atoms with Gasteiger partial charge in [0.2, 0.25) is 0 Å². The maximum absolute atomic E-state index is 12.7. The van der Waals surface area contributed by atoms with Crippen molar-refractivity contribution in [3.05, 3.63) is 58.1 Å². The average molecular weight is 462 g/mol. The molecule has 1 aliphatic heterocycles. The molecule has 0 aliphatic carbocycles. The van der Waals surface area contributed by atoms with E-state index in [2.05, 4.69) is 26.6 Å². The molecule has 1 saturated heterocycles. The van der Waals surface area contributed by atoms with Crippen molar-refractivity contribution >= 4 is 50.8 Å². The van der Waals surface area contributed by atoms with Crippen LogP contribution < -0.4 is 15.4 Å². The predicted molar refractivity (Wildman–Crippen MR) is 116 cm³/mol. The molecule has 0 aromatic heterocycles. The minimum atomic E-state index is -0.404. The predicted octanol–water partition coefficient (Wildman–Crippen LogP) is 3.82. The number of carbonyl (C=O) groups is 2. The number of hydrogen-bond donors (Lipinski definition) is 2. The Labute approximate surface area is 177 Å². The first kappa shape index (κ1) is 20.3. The number of para-hydroxylation sites is 1. The second kappa shape index (κ2) is 9.16. The molecule has 2 amide bonds. The quantitative estimate of drug-likeness (QED) is 0.677. The van der Waals surface area contributed by atoms with Gasteiger partial charge in [0.25, 0.3) is 11.8 Å². The Morgan fingerprint density at radius 1 is 1.11 bits per heavy atom. The Morgan fingerprint density at radius 3 is 2.54 bits per heavy atom. The van der Waals surface area contributed by atoms with Crippen LogP contribution in [0.4, 0.5) is 5.69 Å². The zero-order valence-corrected chi connectivity index (χ0v) is 17.7. The molecule has 1 aliphatic rings. The molecule has 8 heteroatoms. The molecule has 0 radical (unpaired) electrons. The number of ether oxygens (including phenoxy) is 1. The van der Waals surface area contributed by atoms with Gasteiger partial charge >= 0.3 is 0 Å². The molecule has 0 bridgehead atoms. The van der Waals surface area contributed by atoms with Gasteiger partial charge in [0.1, 0.15) is 5.75 Å². The van der Waals surface area contributed by atoms with E-state index in [4.69, 9.17) is 17.0 Å². The Hall–Kier alpha value is -2.45. The van der Waals surface area contributed by atoms with Crippen LogP contribution in [0.2, 0.25) is 0 Å². The van der Waals surface area contributed by atoms with Crippen LogP contribution in [0.25, 0.3) is 0 Å². The second-order valence-electron chi connectivity index (χ2n) is 6.30. The number of amides is 2. The van der Waals surface area contributed by atoms with E-state index in [9.17, 15) is 9.59 Å². The van der Waals surface area contributed by atoms with Gasteiger partial charge in [-0.05, 0) is 55.4 Å². The number of benzene rings is 2. The summed E-state index contributed by atoms with van der Waals surface area (Å²) in [7, 11) is 1.50. The SMILES string of the molecule is COc1ccc(Br)cc1C(=O)NC(=S)Nc1ccccc1C(=O)N1CCCC1. The van der Waals surface area contributed by atoms with Crippen LogP contribution in [-0.4, -0.2) is 42.0 Å². The van der Waals surface area contributed by atoms with Crippen LogP contribution >= 0.6 is 28.1 Å². The van der Waals surface area contributed by atoms with Gasteiger partial charge in [-0.1, -0.05) is 28.1 Å². The van der Waals surface area contributed by atoms with E-state index in [1.165, 1.54) is 7.11 Å². The third kappa shape index (κ3) is 4.69. The second-order valence-corrected chi connectivity index (χ2v) is 7.62. The van der Waals surface area contributed by atoms with Gasteiger partial charge in [0.15, 0.2) is 5.11 Å². The molecule has 0 spiro atoms. The number of nitrogens with zero attached hydrogens (tertiary/aromatic N) is 1. The Bertz CT molecular complexity index is 913. The lowest BCUT2D eigenvalue weighted by atomic mass is 10.1. The van der Waals surface area contributed by atoms with Crippen LogP contribution in [0.3, 0.4) is 0 Å². The Morgan fingerprint density at radius 2 is 1.82 bits per heavy atom. The van der Waals surface area contributed by atoms with Gasteiger partial charge in [0.05, 0.1) is 23.9 Å². The summed E-state index contributed by atoms with van der Waals surface area (Å²) in [6.45, 7) is 1.52. The molecule has 6 nitrogen and oxygen atoms in total. The number of hydrogen-bond acceptors (Lipinski definition) is 4. The van der Waals surface area contributed by atoms with Crippen molar-refractivity contribution in [3.8, 4) is 5.75 Å². The summed E-state index contributed by atoms with van der Waals surface area (Å²) < 4.78 is 5.98. The maximum atomic E-state index is 12.7. The fraction of sp³-hybridized carbons (Fsp3) is 0.250. The van der Waals surface area contributed by atoms with E-state index in [0.29, 0.717) is 22.6 Å². The number of likely N-dealkylation sites (tertiary alicyclic amines) is 1. The number of thiocarbonyl (C=S) groups is 1. The van der Waals surface area contributed by atoms with Crippen molar-refractivity contribution in [1.29, 1.82) is 0 Å². The normalized spacial score (nSPS) is 13.1. The van der Waals surface area contributed by atoms with Crippen LogP contribution in [0.5, 0.6) is 5.75 Å². The summed E-state index contributed by atoms with van der Waals surface area (Å²) in [5.41, 5.74) is 1.44. The van der Waals surface area contributed by atoms with Crippen molar-refractivity contribution in [3.63, 3.8) is 0 Å². The minimum Gasteiger partial charge on any atom is -0.496 e. The molecule has 146 valence electrons. The number of nitrogens with one attached hydrogen (secondary N) is 2. The topological polar surface area (TPSA) is 70.7 Å². The fourth-order valence-electron chi connectivity index (χ4n) is 3.05. The van der Waals surface area contributed by atoms with Crippen LogP contribution in [-0.2, 0) is 0 Å². The average Bonchev–Trinajstić information content (AvgIpc) is 3.22. The smallest absolute Gasteiger partial charge is 0.261 e. The first-order chi connectivity index (χ1) is 13.5. The molecule has 2 aromatic carbocycles. The fourth-order valence-corrected chi connectivity index (χ4v) is 3.61. The Kier molecular flexibility index (Phi) is 6.64. The number of halogens is 1. The zero-order valence-electron chi connectivity index (χ0n) is 15.3. The summed E-state index contributed by atoms with van der Waals surface area (Å²) in [6, 6.07) is 12.3. The van der Waals surface area contributed by atoms with Gasteiger partial charge in [-0.2, -0.15) is 0 Å². The highest BCUT2D eigenvalue weighted by Crippen LogP contribution is 2.23. The largest absolute Gasteiger partial charge is 0.496 e. The van der Waals surface area contributed by atoms with E-state index in [-0.39, 0.29) is 11.0 Å². The van der Waals surface area contributed by atoms with Crippen LogP contribution in [0, 0.1) is 0 Å². The van der Waals surface area contributed by atoms with Crippen molar-refractivity contribution < 1.29 is 14.3 Å². The first-order valence-electron chi connectivity index (χ1n) is 8.84. The molecule has 1 heterocycles. The van der Waals surface area contributed by atoms with Gasteiger partial charge in [-0.25, -0.2) is 0 Å². The van der Waals surface area contributed by atoms with Crippen LogP contribution in [0.1, 0.15) is 33.6 Å². The molecule has 0 unspecified atom stereocenters. The van der Waals surface area contributed by atoms with Crippen LogP contribution in [0.15, 0.2) is 46.9 Å². The first-order valence-corrected chi connectivity index (χ1v) is 10.0. The van der Waals surface area contributed by atoms with Crippen molar-refractivity contribution in [2.45, 2.75) is 12.8 Å². The van der Waals surface area contributed by atoms with Gasteiger partial charge in [-0.3, -0.25) is 14.9 Å². The number of methoxy groups -OCH3 is 1. The minimum absolute atomic E-state index is 0.0385. The van der Waals surface area contributed by atoms with E-state index in [1.807, 2.05) is 17.0 Å². The standard InChI is InChI=1S/C20H20BrN3O3S/c1-27-17-9-8-13(21)12-15(17)18(25)23-20(28)22-16-7-3-2-6-14(16)19(26)24-10-4-5-11-24/h2-3,6-9,12H,4-5,10-11H2,1H3,(H2,22,23,25,28). The lowest BCUT2D eigenvalue weighted by Gasteiger charge is -2.18. The summed E-state index contributed by atoms with van der Waals surface area (Å²) in [4.78, 5) is 27.2. The van der Waals surface area contributed by atoms with Gasteiger partial charge in [0, 0.05) is 17.6 Å². The third-order valence-electron chi connectivity index (χ3n) is 4.43. The Balaban J connectivity index is 1.73. The molecule has 3 rings (SSSR count). The molecule has 2 N–H and O–H groups in total. The highest BCUT2D eigenvalue weighted by Gasteiger charge is 2.22. The molecule has 2 aromatic rings. The van der Waals surface area contributed by atoms with Crippen molar-refractivity contribution in [2.24, 2.45) is 0 Å². The number of carbonyl (C=O) groups excluding carboxylic acids is 2. The van der Waals surface area contributed by atoms with Gasteiger partial charge < -0.3 is 15.0 Å². The molecular weight excluding hydrogens is 442 g/mol. The monoisotopic (exact) mass is 461 g/mol. The van der Waals surface area contributed by atoms with E-state index in [1.54, 1.807) is 30.3 Å². The van der Waals surface area contributed by atoms with Crippen molar-refractivity contribution in [2.75, 3.05) is 25.5 Å². The third-order valence-corrected chi connectivity index (χ3v) is 5.13. The van der Waals surface area contributed by atoms with Gasteiger partial charge in [-0.15, -0.1) is 0 Å². The maximum Gasteiger partial charge on any atom is 0.261 e.